The average molecular weight is 294 g/mol. The summed E-state index contributed by atoms with van der Waals surface area (Å²) in [5, 5.41) is 2.76. The zero-order chi connectivity index (χ0) is 15.4. The molecule has 1 aliphatic rings. The highest BCUT2D eigenvalue weighted by atomic mass is 16.2. The Bertz CT molecular complexity index is 655. The number of hydrogen-bond acceptors (Lipinski definition) is 2. The number of carbonyl (C=O) groups is 2. The average Bonchev–Trinajstić information content (AvgIpc) is 2.85. The molecular weight excluding hydrogens is 276 g/mol. The Morgan fingerprint density at radius 1 is 0.909 bits per heavy atom. The smallest absolute Gasteiger partial charge is 0.322 e. The third-order valence-electron chi connectivity index (χ3n) is 3.85. The van der Waals surface area contributed by atoms with Crippen LogP contribution < -0.4 is 5.32 Å². The van der Waals surface area contributed by atoms with Crippen LogP contribution in [0.2, 0.25) is 0 Å². The largest absolute Gasteiger partial charge is 0.325 e. The summed E-state index contributed by atoms with van der Waals surface area (Å²) in [5.41, 5.74) is 2.04. The Morgan fingerprint density at radius 3 is 2.23 bits per heavy atom. The quantitative estimate of drug-likeness (QED) is 0.862. The van der Waals surface area contributed by atoms with E-state index in [0.29, 0.717) is 6.54 Å². The summed E-state index contributed by atoms with van der Waals surface area (Å²) in [6.45, 7) is 0.447. The molecular formula is C18H18N2O2. The van der Waals surface area contributed by atoms with Crippen molar-refractivity contribution in [1.29, 1.82) is 0 Å². The third-order valence-corrected chi connectivity index (χ3v) is 3.85. The fourth-order valence-electron chi connectivity index (χ4n) is 2.69. The molecule has 1 unspecified atom stereocenters. The molecule has 0 aromatic heterocycles. The molecule has 0 radical (unpaired) electrons. The van der Waals surface area contributed by atoms with Crippen LogP contribution in [0.25, 0.3) is 0 Å². The lowest BCUT2D eigenvalue weighted by atomic mass is 10.1. The van der Waals surface area contributed by atoms with E-state index in [4.69, 9.17) is 0 Å². The fraction of sp³-hybridized carbons (Fsp3) is 0.222. The van der Waals surface area contributed by atoms with Gasteiger partial charge in [0.2, 0.25) is 0 Å². The number of rotatable bonds is 5. The van der Waals surface area contributed by atoms with Crippen molar-refractivity contribution in [2.45, 2.75) is 18.9 Å². The highest BCUT2D eigenvalue weighted by Crippen LogP contribution is 2.21. The predicted octanol–water partition coefficient (Wildman–Crippen LogP) is 2.91. The molecule has 4 nitrogen and oxygen atoms in total. The second-order valence-corrected chi connectivity index (χ2v) is 5.37. The number of urea groups is 1. The van der Waals surface area contributed by atoms with Gasteiger partial charge in [-0.2, -0.15) is 0 Å². The van der Waals surface area contributed by atoms with E-state index in [0.717, 1.165) is 18.4 Å². The summed E-state index contributed by atoms with van der Waals surface area (Å²) in [5.74, 6) is -0.163. The molecule has 1 saturated heterocycles. The van der Waals surface area contributed by atoms with E-state index >= 15 is 0 Å². The van der Waals surface area contributed by atoms with Crippen LogP contribution >= 0.6 is 0 Å². The second-order valence-electron chi connectivity index (χ2n) is 5.37. The van der Waals surface area contributed by atoms with Gasteiger partial charge in [-0.05, 0) is 24.0 Å². The number of nitrogens with one attached hydrogen (secondary N) is 1. The molecule has 3 rings (SSSR count). The number of aryl methyl sites for hydroxylation is 1. The summed E-state index contributed by atoms with van der Waals surface area (Å²) < 4.78 is 0. The van der Waals surface area contributed by atoms with Crippen LogP contribution in [0, 0.1) is 0 Å². The Balaban J connectivity index is 1.60. The standard InChI is InChI=1S/C18H18N2O2/c21-17-16(15-11-5-2-6-12-15)19-18(22)20(17)13-7-10-14-8-3-1-4-9-14/h1-6,8-9,11-12,16H,7,10,13H2,(H,19,22). The van der Waals surface area contributed by atoms with E-state index in [-0.39, 0.29) is 11.9 Å². The van der Waals surface area contributed by atoms with Gasteiger partial charge in [-0.3, -0.25) is 9.69 Å². The van der Waals surface area contributed by atoms with E-state index in [1.807, 2.05) is 48.5 Å². The fourth-order valence-corrected chi connectivity index (χ4v) is 2.69. The first-order valence-electron chi connectivity index (χ1n) is 7.46. The second kappa shape index (κ2) is 6.43. The molecule has 0 aliphatic carbocycles. The minimum absolute atomic E-state index is 0.163. The number of imide groups is 1. The van der Waals surface area contributed by atoms with E-state index in [1.54, 1.807) is 0 Å². The summed E-state index contributed by atoms with van der Waals surface area (Å²) in [7, 11) is 0. The number of hydrogen-bond donors (Lipinski definition) is 1. The van der Waals surface area contributed by atoms with Gasteiger partial charge >= 0.3 is 6.03 Å². The minimum atomic E-state index is -0.551. The van der Waals surface area contributed by atoms with Crippen LogP contribution in [0.1, 0.15) is 23.6 Å². The third kappa shape index (κ3) is 3.01. The lowest BCUT2D eigenvalue weighted by Gasteiger charge is -2.13. The SMILES string of the molecule is O=C1NC(c2ccccc2)C(=O)N1CCCc1ccccc1. The minimum Gasteiger partial charge on any atom is -0.322 e. The van der Waals surface area contributed by atoms with E-state index < -0.39 is 6.04 Å². The first kappa shape index (κ1) is 14.3. The number of nitrogens with zero attached hydrogens (tertiary/aromatic N) is 1. The summed E-state index contributed by atoms with van der Waals surface area (Å²) >= 11 is 0. The summed E-state index contributed by atoms with van der Waals surface area (Å²) in [4.78, 5) is 25.7. The Hall–Kier alpha value is -2.62. The molecule has 2 aromatic rings. The Kier molecular flexibility index (Phi) is 4.19. The maximum atomic E-state index is 12.4. The maximum absolute atomic E-state index is 12.4. The number of amides is 3. The molecule has 2 aromatic carbocycles. The van der Waals surface area contributed by atoms with Crippen LogP contribution in [0.5, 0.6) is 0 Å². The van der Waals surface area contributed by atoms with E-state index in [9.17, 15) is 9.59 Å². The highest BCUT2D eigenvalue weighted by Gasteiger charge is 2.38. The molecule has 1 aliphatic heterocycles. The van der Waals surface area contributed by atoms with Crippen LogP contribution in [-0.2, 0) is 11.2 Å². The molecule has 0 saturated carbocycles. The Morgan fingerprint density at radius 2 is 1.55 bits per heavy atom. The van der Waals surface area contributed by atoms with Crippen molar-refractivity contribution in [3.05, 3.63) is 71.8 Å². The van der Waals surface area contributed by atoms with Gasteiger partial charge in [0.1, 0.15) is 6.04 Å². The summed E-state index contributed by atoms with van der Waals surface area (Å²) in [6, 6.07) is 18.6. The molecule has 0 bridgehead atoms. The van der Waals surface area contributed by atoms with Crippen molar-refractivity contribution >= 4 is 11.9 Å². The van der Waals surface area contributed by atoms with Gasteiger partial charge in [0.05, 0.1) is 0 Å². The number of benzene rings is 2. The molecule has 4 heteroatoms. The Labute approximate surface area is 129 Å². The topological polar surface area (TPSA) is 49.4 Å². The maximum Gasteiger partial charge on any atom is 0.325 e. The molecule has 0 spiro atoms. The monoisotopic (exact) mass is 294 g/mol. The molecule has 1 N–H and O–H groups in total. The van der Waals surface area contributed by atoms with Crippen LogP contribution in [0.4, 0.5) is 4.79 Å². The molecule has 112 valence electrons. The first-order valence-corrected chi connectivity index (χ1v) is 7.46. The normalized spacial score (nSPS) is 17.6. The van der Waals surface area contributed by atoms with Gasteiger partial charge < -0.3 is 5.32 Å². The van der Waals surface area contributed by atoms with Crippen molar-refractivity contribution < 1.29 is 9.59 Å². The van der Waals surface area contributed by atoms with Crippen molar-refractivity contribution in [2.24, 2.45) is 0 Å². The van der Waals surface area contributed by atoms with Gasteiger partial charge in [-0.25, -0.2) is 4.79 Å². The molecule has 3 amide bonds. The lowest BCUT2D eigenvalue weighted by Crippen LogP contribution is -2.32. The van der Waals surface area contributed by atoms with Crippen molar-refractivity contribution in [1.82, 2.24) is 10.2 Å². The van der Waals surface area contributed by atoms with Gasteiger partial charge in [0, 0.05) is 6.54 Å². The van der Waals surface area contributed by atoms with Crippen LogP contribution in [-0.4, -0.2) is 23.4 Å². The molecule has 22 heavy (non-hydrogen) atoms. The van der Waals surface area contributed by atoms with E-state index in [1.165, 1.54) is 10.5 Å². The zero-order valence-corrected chi connectivity index (χ0v) is 12.2. The van der Waals surface area contributed by atoms with Crippen LogP contribution in [0.3, 0.4) is 0 Å². The first-order chi connectivity index (χ1) is 10.8. The van der Waals surface area contributed by atoms with Crippen molar-refractivity contribution in [3.8, 4) is 0 Å². The highest BCUT2D eigenvalue weighted by molar-refractivity contribution is 6.04. The van der Waals surface area contributed by atoms with Crippen molar-refractivity contribution in [2.75, 3.05) is 6.54 Å². The van der Waals surface area contributed by atoms with Gasteiger partial charge in [-0.15, -0.1) is 0 Å². The van der Waals surface area contributed by atoms with Crippen molar-refractivity contribution in [3.63, 3.8) is 0 Å². The lowest BCUT2D eigenvalue weighted by molar-refractivity contribution is -0.127. The molecule has 1 atom stereocenters. The van der Waals surface area contributed by atoms with E-state index in [2.05, 4.69) is 17.4 Å². The molecule has 1 fully saturated rings. The number of carbonyl (C=O) groups excluding carboxylic acids is 2. The van der Waals surface area contributed by atoms with Gasteiger partial charge in [-0.1, -0.05) is 60.7 Å². The molecule has 1 heterocycles. The van der Waals surface area contributed by atoms with Gasteiger partial charge in [0.25, 0.3) is 5.91 Å². The van der Waals surface area contributed by atoms with Crippen LogP contribution in [0.15, 0.2) is 60.7 Å². The zero-order valence-electron chi connectivity index (χ0n) is 12.2. The predicted molar refractivity (Wildman–Crippen MR) is 84.2 cm³/mol. The van der Waals surface area contributed by atoms with Gasteiger partial charge in [0.15, 0.2) is 0 Å². The summed E-state index contributed by atoms with van der Waals surface area (Å²) in [6.07, 6.45) is 1.62.